The van der Waals surface area contributed by atoms with Gasteiger partial charge in [0.2, 0.25) is 11.0 Å². The summed E-state index contributed by atoms with van der Waals surface area (Å²) in [5.41, 5.74) is 4.71. The number of hydrogen-bond donors (Lipinski definition) is 2. The Morgan fingerprint density at radius 3 is 2.58 bits per heavy atom. The average Bonchev–Trinajstić information content (AvgIpc) is 3.35. The maximum atomic E-state index is 12.4. The van der Waals surface area contributed by atoms with Crippen LogP contribution >= 0.6 is 34.7 Å². The summed E-state index contributed by atoms with van der Waals surface area (Å²) in [6, 6.07) is 22.4. The molecule has 4 aromatic rings. The Morgan fingerprint density at radius 1 is 1.05 bits per heavy atom. The van der Waals surface area contributed by atoms with Gasteiger partial charge in [0.25, 0.3) is 5.91 Å². The van der Waals surface area contributed by atoms with Gasteiger partial charge in [0.05, 0.1) is 19.2 Å². The predicted octanol–water partition coefficient (Wildman–Crippen LogP) is 5.62. The molecule has 3 aromatic carbocycles. The Balaban J connectivity index is 1.17. The molecule has 4 rings (SSSR count). The lowest BCUT2D eigenvalue weighted by Crippen LogP contribution is -2.19. The second-order valence-corrected chi connectivity index (χ2v) is 10.6. The van der Waals surface area contributed by atoms with Crippen molar-refractivity contribution in [1.29, 1.82) is 0 Å². The molecule has 194 valence electrons. The maximum Gasteiger partial charge on any atom is 0.257 e. The van der Waals surface area contributed by atoms with Crippen LogP contribution in [0.1, 0.15) is 26.5 Å². The van der Waals surface area contributed by atoms with E-state index in [9.17, 15) is 9.59 Å². The highest BCUT2D eigenvalue weighted by molar-refractivity contribution is 7.99. The molecule has 0 atom stereocenters. The van der Waals surface area contributed by atoms with Gasteiger partial charge in [0.1, 0.15) is 10.8 Å². The molecule has 11 heteroatoms. The highest BCUT2D eigenvalue weighted by Crippen LogP contribution is 2.21. The topological polar surface area (TPSA) is 106 Å². The number of hydrogen-bond acceptors (Lipinski definition) is 8. The summed E-state index contributed by atoms with van der Waals surface area (Å²) in [7, 11) is 0. The number of thioether (sulfide) groups is 1. The monoisotopic (exact) mass is 565 g/mol. The lowest BCUT2D eigenvalue weighted by atomic mass is 10.1. The van der Waals surface area contributed by atoms with E-state index < -0.39 is 0 Å². The minimum Gasteiger partial charge on any atom is -0.493 e. The number of halogens is 1. The van der Waals surface area contributed by atoms with Crippen molar-refractivity contribution in [2.75, 3.05) is 17.7 Å². The lowest BCUT2D eigenvalue weighted by Gasteiger charge is -2.06. The van der Waals surface area contributed by atoms with E-state index in [-0.39, 0.29) is 18.2 Å². The summed E-state index contributed by atoms with van der Waals surface area (Å²) >= 11 is 8.74. The number of hydrazone groups is 1. The second kappa shape index (κ2) is 13.7. The van der Waals surface area contributed by atoms with Gasteiger partial charge in [0, 0.05) is 21.2 Å². The first kappa shape index (κ1) is 27.3. The van der Waals surface area contributed by atoms with Crippen molar-refractivity contribution in [3.63, 3.8) is 0 Å². The summed E-state index contributed by atoms with van der Waals surface area (Å²) in [6.45, 7) is 2.43. The number of ether oxygens (including phenoxy) is 1. The van der Waals surface area contributed by atoms with E-state index in [1.165, 1.54) is 0 Å². The fraction of sp³-hybridized carbons (Fsp3) is 0.148. The molecule has 0 aliphatic rings. The zero-order valence-electron chi connectivity index (χ0n) is 20.4. The number of nitrogens with one attached hydrogen (secondary N) is 2. The minimum absolute atomic E-state index is 0.00392. The van der Waals surface area contributed by atoms with Gasteiger partial charge in [-0.15, -0.1) is 22.0 Å². The average molecular weight is 566 g/mol. The molecule has 1 heterocycles. The molecule has 0 aliphatic heterocycles. The summed E-state index contributed by atoms with van der Waals surface area (Å²) in [5, 5.41) is 16.1. The van der Waals surface area contributed by atoms with Gasteiger partial charge < -0.3 is 4.74 Å². The van der Waals surface area contributed by atoms with Crippen molar-refractivity contribution in [2.45, 2.75) is 18.2 Å². The summed E-state index contributed by atoms with van der Waals surface area (Å²) in [6.07, 6.45) is 1.54. The van der Waals surface area contributed by atoms with E-state index in [4.69, 9.17) is 16.3 Å². The fourth-order valence-corrected chi connectivity index (χ4v) is 4.81. The number of nitrogens with zero attached hydrogens (tertiary/aromatic N) is 3. The molecule has 1 aromatic heterocycles. The first-order chi connectivity index (χ1) is 18.5. The van der Waals surface area contributed by atoms with Crippen LogP contribution in [-0.2, 0) is 11.2 Å². The number of carbonyl (C=O) groups excluding carboxylic acids is 2. The number of anilines is 1. The van der Waals surface area contributed by atoms with Crippen molar-refractivity contribution in [3.05, 3.63) is 99.5 Å². The molecule has 38 heavy (non-hydrogen) atoms. The van der Waals surface area contributed by atoms with E-state index >= 15 is 0 Å². The Kier molecular flexibility index (Phi) is 9.85. The van der Waals surface area contributed by atoms with Crippen LogP contribution < -0.4 is 15.5 Å². The van der Waals surface area contributed by atoms with Crippen molar-refractivity contribution >= 4 is 57.9 Å². The Labute approximate surface area is 233 Å². The molecular weight excluding hydrogens is 542 g/mol. The quantitative estimate of drug-likeness (QED) is 0.106. The molecule has 0 aliphatic carbocycles. The van der Waals surface area contributed by atoms with Crippen LogP contribution in [0.25, 0.3) is 0 Å². The van der Waals surface area contributed by atoms with Crippen LogP contribution in [0.5, 0.6) is 5.75 Å². The molecular formula is C27H24ClN5O3S2. The van der Waals surface area contributed by atoms with Gasteiger partial charge in [-0.3, -0.25) is 14.9 Å². The third-order valence-corrected chi connectivity index (χ3v) is 7.17. The number of aryl methyl sites for hydroxylation is 1. The van der Waals surface area contributed by atoms with Crippen molar-refractivity contribution in [3.8, 4) is 5.75 Å². The molecule has 0 spiro atoms. The van der Waals surface area contributed by atoms with Gasteiger partial charge in [-0.2, -0.15) is 5.10 Å². The Hall–Kier alpha value is -3.73. The third-order valence-electron chi connectivity index (χ3n) is 5.11. The predicted molar refractivity (Wildman–Crippen MR) is 153 cm³/mol. The summed E-state index contributed by atoms with van der Waals surface area (Å²) < 4.78 is 5.77. The number of carbonyl (C=O) groups is 2. The molecule has 2 amide bonds. The van der Waals surface area contributed by atoms with Crippen LogP contribution in [0.15, 0.2) is 82.8 Å². The standard InChI is InChI=1S/C27H24ClN5O3S2/c1-18-4-2-3-5-23(18)26(35)30-27-33-32-25(38-27)16-24(34)31-29-17-19-6-10-21(11-7-19)36-14-15-37-22-12-8-20(28)9-13-22/h2-13,17H,14-16H2,1H3,(H,31,34)(H,30,33,35). The van der Waals surface area contributed by atoms with Gasteiger partial charge >= 0.3 is 0 Å². The van der Waals surface area contributed by atoms with Gasteiger partial charge in [-0.05, 0) is 72.6 Å². The van der Waals surface area contributed by atoms with E-state index in [1.807, 2.05) is 67.6 Å². The molecule has 0 bridgehead atoms. The summed E-state index contributed by atoms with van der Waals surface area (Å²) in [4.78, 5) is 25.8. The number of rotatable bonds is 11. The van der Waals surface area contributed by atoms with Crippen LogP contribution in [0.3, 0.4) is 0 Å². The zero-order chi connectivity index (χ0) is 26.7. The molecule has 0 unspecified atom stereocenters. The molecule has 0 fully saturated rings. The first-order valence-corrected chi connectivity index (χ1v) is 13.8. The normalized spacial score (nSPS) is 10.9. The van der Waals surface area contributed by atoms with Crippen molar-refractivity contribution in [2.24, 2.45) is 5.10 Å². The third kappa shape index (κ3) is 8.41. The largest absolute Gasteiger partial charge is 0.493 e. The van der Waals surface area contributed by atoms with E-state index in [1.54, 1.807) is 30.1 Å². The lowest BCUT2D eigenvalue weighted by molar-refractivity contribution is -0.120. The molecule has 0 saturated heterocycles. The van der Waals surface area contributed by atoms with Crippen molar-refractivity contribution in [1.82, 2.24) is 15.6 Å². The zero-order valence-corrected chi connectivity index (χ0v) is 22.8. The maximum absolute atomic E-state index is 12.4. The molecule has 0 saturated carbocycles. The molecule has 0 radical (unpaired) electrons. The minimum atomic E-state index is -0.340. The van der Waals surface area contributed by atoms with E-state index in [2.05, 4.69) is 26.0 Å². The highest BCUT2D eigenvalue weighted by atomic mass is 35.5. The van der Waals surface area contributed by atoms with Gasteiger partial charge in [-0.25, -0.2) is 5.43 Å². The number of benzene rings is 3. The van der Waals surface area contributed by atoms with E-state index in [0.29, 0.717) is 22.3 Å². The smallest absolute Gasteiger partial charge is 0.257 e. The fourth-order valence-electron chi connectivity index (χ4n) is 3.22. The van der Waals surface area contributed by atoms with Gasteiger partial charge in [0.15, 0.2) is 0 Å². The van der Waals surface area contributed by atoms with Gasteiger partial charge in [-0.1, -0.05) is 41.1 Å². The SMILES string of the molecule is Cc1ccccc1C(=O)Nc1nnc(CC(=O)NN=Cc2ccc(OCCSc3ccc(Cl)cc3)cc2)s1. The van der Waals surface area contributed by atoms with Crippen LogP contribution in [0, 0.1) is 6.92 Å². The van der Waals surface area contributed by atoms with Crippen molar-refractivity contribution < 1.29 is 14.3 Å². The second-order valence-electron chi connectivity index (χ2n) is 7.96. The van der Waals surface area contributed by atoms with E-state index in [0.717, 1.165) is 43.9 Å². The Morgan fingerprint density at radius 2 is 1.82 bits per heavy atom. The molecule has 2 N–H and O–H groups in total. The number of aromatic nitrogens is 2. The first-order valence-electron chi connectivity index (χ1n) is 11.6. The Bertz CT molecular complexity index is 1410. The van der Waals surface area contributed by atoms with Crippen LogP contribution in [0.2, 0.25) is 5.02 Å². The summed E-state index contributed by atoms with van der Waals surface area (Å²) in [5.74, 6) is 0.955. The molecule has 8 nitrogen and oxygen atoms in total. The number of amides is 2. The van der Waals surface area contributed by atoms with Crippen LogP contribution in [0.4, 0.5) is 5.13 Å². The highest BCUT2D eigenvalue weighted by Gasteiger charge is 2.13. The van der Waals surface area contributed by atoms with Crippen LogP contribution in [-0.4, -0.2) is 40.6 Å².